The van der Waals surface area contributed by atoms with Gasteiger partial charge in [0.25, 0.3) is 0 Å². The van der Waals surface area contributed by atoms with Gasteiger partial charge in [0, 0.05) is 12.8 Å². The molecule has 0 aliphatic carbocycles. The summed E-state index contributed by atoms with van der Waals surface area (Å²) >= 11 is 1.65. The smallest absolute Gasteiger partial charge is 0.193 e. The number of methoxy groups -OCH3 is 1. The van der Waals surface area contributed by atoms with E-state index in [4.69, 9.17) is 4.74 Å². The fourth-order valence-electron chi connectivity index (χ4n) is 1.74. The summed E-state index contributed by atoms with van der Waals surface area (Å²) in [6.07, 6.45) is 1.55. The van der Waals surface area contributed by atoms with Gasteiger partial charge < -0.3 is 10.1 Å². The highest BCUT2D eigenvalue weighted by molar-refractivity contribution is 7.98. The van der Waals surface area contributed by atoms with E-state index in [0.717, 1.165) is 10.8 Å². The largest absolute Gasteiger partial charge is 0.490 e. The van der Waals surface area contributed by atoms with Crippen LogP contribution in [0.1, 0.15) is 11.1 Å². The average Bonchev–Trinajstić information content (AvgIpc) is 2.45. The molecule has 19 heavy (non-hydrogen) atoms. The van der Waals surface area contributed by atoms with E-state index in [9.17, 15) is 0 Å². The maximum absolute atomic E-state index is 5.38. The van der Waals surface area contributed by atoms with Gasteiger partial charge in [0.1, 0.15) is 11.4 Å². The van der Waals surface area contributed by atoms with E-state index in [-0.39, 0.29) is 0 Å². The zero-order valence-corrected chi connectivity index (χ0v) is 12.1. The fraction of sp³-hybridized carbons (Fsp3) is 0.286. The molecule has 4 nitrogen and oxygen atoms in total. The molecule has 0 saturated heterocycles. The van der Waals surface area contributed by atoms with E-state index in [1.807, 2.05) is 13.1 Å². The first-order chi connectivity index (χ1) is 9.26. The number of nitrogens with one attached hydrogen (secondary N) is 1. The molecule has 1 aromatic carbocycles. The molecule has 2 rings (SSSR count). The van der Waals surface area contributed by atoms with Crippen LogP contribution < -0.4 is 10.1 Å². The molecule has 0 radical (unpaired) electrons. The zero-order chi connectivity index (χ0) is 13.7. The van der Waals surface area contributed by atoms with Crippen LogP contribution in [-0.4, -0.2) is 24.1 Å². The first-order valence-corrected chi connectivity index (χ1v) is 6.99. The number of anilines is 1. The fourth-order valence-corrected chi connectivity index (χ4v) is 2.79. The Labute approximate surface area is 117 Å². The first-order valence-electron chi connectivity index (χ1n) is 6.00. The van der Waals surface area contributed by atoms with Crippen molar-refractivity contribution in [3.8, 4) is 5.75 Å². The summed E-state index contributed by atoms with van der Waals surface area (Å²) in [6.45, 7) is 2.12. The van der Waals surface area contributed by atoms with E-state index in [1.165, 1.54) is 11.1 Å². The van der Waals surface area contributed by atoms with Gasteiger partial charge in [-0.2, -0.15) is 0 Å². The number of nitrogens with zero attached hydrogens (tertiary/aromatic N) is 2. The molecule has 0 atom stereocenters. The SMILES string of the molecule is CNc1ncnc(SCc2ccccc2C)c1OC. The van der Waals surface area contributed by atoms with Gasteiger partial charge in [0.05, 0.1) is 7.11 Å². The second kappa shape index (κ2) is 6.43. The molecule has 1 heterocycles. The van der Waals surface area contributed by atoms with E-state index in [0.29, 0.717) is 11.6 Å². The number of hydrogen-bond acceptors (Lipinski definition) is 5. The quantitative estimate of drug-likeness (QED) is 0.671. The molecule has 1 N–H and O–H groups in total. The molecule has 0 aliphatic heterocycles. The van der Waals surface area contributed by atoms with Crippen molar-refractivity contribution in [2.45, 2.75) is 17.7 Å². The van der Waals surface area contributed by atoms with Crippen molar-refractivity contribution in [2.24, 2.45) is 0 Å². The number of aromatic nitrogens is 2. The van der Waals surface area contributed by atoms with Gasteiger partial charge >= 0.3 is 0 Å². The Morgan fingerprint density at radius 3 is 2.74 bits per heavy atom. The highest BCUT2D eigenvalue weighted by Gasteiger charge is 2.11. The van der Waals surface area contributed by atoms with Gasteiger partial charge in [-0.05, 0) is 18.1 Å². The summed E-state index contributed by atoms with van der Waals surface area (Å²) in [4.78, 5) is 8.43. The molecule has 0 fully saturated rings. The minimum absolute atomic E-state index is 0.698. The van der Waals surface area contributed by atoms with Gasteiger partial charge in [0.2, 0.25) is 0 Å². The normalized spacial score (nSPS) is 10.3. The molecule has 0 saturated carbocycles. The summed E-state index contributed by atoms with van der Waals surface area (Å²) in [7, 11) is 3.46. The van der Waals surface area contributed by atoms with Gasteiger partial charge in [-0.15, -0.1) is 0 Å². The third kappa shape index (κ3) is 3.17. The van der Waals surface area contributed by atoms with Crippen LogP contribution in [0.15, 0.2) is 35.6 Å². The maximum atomic E-state index is 5.38. The van der Waals surface area contributed by atoms with Crippen LogP contribution in [0, 0.1) is 6.92 Å². The Morgan fingerprint density at radius 2 is 2.05 bits per heavy atom. The lowest BCUT2D eigenvalue weighted by atomic mass is 10.1. The summed E-state index contributed by atoms with van der Waals surface area (Å²) in [5.41, 5.74) is 2.59. The van der Waals surface area contributed by atoms with Crippen molar-refractivity contribution < 1.29 is 4.74 Å². The van der Waals surface area contributed by atoms with E-state index in [2.05, 4.69) is 40.4 Å². The predicted octanol–water partition coefficient (Wildman–Crippen LogP) is 3.13. The van der Waals surface area contributed by atoms with Gasteiger partial charge in [-0.3, -0.25) is 0 Å². The van der Waals surface area contributed by atoms with Crippen LogP contribution in [0.25, 0.3) is 0 Å². The van der Waals surface area contributed by atoms with Crippen molar-refractivity contribution in [3.05, 3.63) is 41.7 Å². The number of hydrogen-bond donors (Lipinski definition) is 1. The summed E-state index contributed by atoms with van der Waals surface area (Å²) in [5.74, 6) is 2.27. The topological polar surface area (TPSA) is 47.0 Å². The molecule has 0 spiro atoms. The van der Waals surface area contributed by atoms with Gasteiger partial charge in [-0.25, -0.2) is 9.97 Å². The van der Waals surface area contributed by atoms with Gasteiger partial charge in [0.15, 0.2) is 11.6 Å². The Hall–Kier alpha value is -1.75. The molecule has 100 valence electrons. The third-order valence-corrected chi connectivity index (χ3v) is 3.86. The number of benzene rings is 1. The zero-order valence-electron chi connectivity index (χ0n) is 11.3. The summed E-state index contributed by atoms with van der Waals surface area (Å²) in [6, 6.07) is 8.36. The summed E-state index contributed by atoms with van der Waals surface area (Å²) < 4.78 is 5.38. The molecule has 0 amide bonds. The van der Waals surface area contributed by atoms with E-state index in [1.54, 1.807) is 25.2 Å². The van der Waals surface area contributed by atoms with Crippen LogP contribution in [-0.2, 0) is 5.75 Å². The van der Waals surface area contributed by atoms with Crippen LogP contribution in [0.2, 0.25) is 0 Å². The lowest BCUT2D eigenvalue weighted by molar-refractivity contribution is 0.400. The number of ether oxygens (including phenoxy) is 1. The molecule has 0 bridgehead atoms. The van der Waals surface area contributed by atoms with Crippen LogP contribution in [0.5, 0.6) is 5.75 Å². The average molecular weight is 275 g/mol. The Bertz CT molecular complexity index is 560. The second-order valence-electron chi connectivity index (χ2n) is 4.03. The van der Waals surface area contributed by atoms with Crippen molar-refractivity contribution in [2.75, 3.05) is 19.5 Å². The van der Waals surface area contributed by atoms with E-state index >= 15 is 0 Å². The Morgan fingerprint density at radius 1 is 1.26 bits per heavy atom. The Balaban J connectivity index is 2.18. The Kier molecular flexibility index (Phi) is 4.63. The number of rotatable bonds is 5. The molecule has 1 aromatic heterocycles. The van der Waals surface area contributed by atoms with E-state index < -0.39 is 0 Å². The lowest BCUT2D eigenvalue weighted by Crippen LogP contribution is -2.00. The molecule has 5 heteroatoms. The first kappa shape index (κ1) is 13.7. The lowest BCUT2D eigenvalue weighted by Gasteiger charge is -2.11. The van der Waals surface area contributed by atoms with Crippen molar-refractivity contribution in [1.29, 1.82) is 0 Å². The summed E-state index contributed by atoms with van der Waals surface area (Å²) in [5, 5.41) is 3.86. The number of aryl methyl sites for hydroxylation is 1. The molecule has 0 unspecified atom stereocenters. The van der Waals surface area contributed by atoms with Crippen LogP contribution in [0.3, 0.4) is 0 Å². The highest BCUT2D eigenvalue weighted by Crippen LogP contribution is 2.34. The second-order valence-corrected chi connectivity index (χ2v) is 4.99. The molecule has 0 aliphatic rings. The third-order valence-electron chi connectivity index (χ3n) is 2.84. The van der Waals surface area contributed by atoms with Crippen molar-refractivity contribution >= 4 is 17.6 Å². The molecular weight excluding hydrogens is 258 g/mol. The minimum Gasteiger partial charge on any atom is -0.490 e. The minimum atomic E-state index is 0.698. The molecular formula is C14H17N3OS. The van der Waals surface area contributed by atoms with Crippen LogP contribution in [0.4, 0.5) is 5.82 Å². The maximum Gasteiger partial charge on any atom is 0.193 e. The monoisotopic (exact) mass is 275 g/mol. The van der Waals surface area contributed by atoms with Gasteiger partial charge in [-0.1, -0.05) is 36.0 Å². The van der Waals surface area contributed by atoms with Crippen molar-refractivity contribution in [3.63, 3.8) is 0 Å². The highest BCUT2D eigenvalue weighted by atomic mass is 32.2. The standard InChI is InChI=1S/C14H17N3OS/c1-10-6-4-5-7-11(10)8-19-14-12(18-3)13(15-2)16-9-17-14/h4-7,9H,8H2,1-3H3,(H,15,16,17). The number of thioether (sulfide) groups is 1. The predicted molar refractivity (Wildman–Crippen MR) is 78.9 cm³/mol. The molecule has 2 aromatic rings. The van der Waals surface area contributed by atoms with Crippen molar-refractivity contribution in [1.82, 2.24) is 9.97 Å². The van der Waals surface area contributed by atoms with Crippen LogP contribution >= 0.6 is 11.8 Å².